The minimum absolute atomic E-state index is 0.0418. The van der Waals surface area contributed by atoms with Crippen LogP contribution in [0.3, 0.4) is 0 Å². The molecule has 1 atom stereocenters. The molecule has 19 heavy (non-hydrogen) atoms. The summed E-state index contributed by atoms with van der Waals surface area (Å²) in [5.41, 5.74) is 8.40. The number of benzene rings is 1. The average Bonchev–Trinajstić information content (AvgIpc) is 2.95. The molecule has 0 aliphatic carbocycles. The first-order valence-electron chi connectivity index (χ1n) is 6.14. The molecule has 0 spiro atoms. The summed E-state index contributed by atoms with van der Waals surface area (Å²) in [4.78, 5) is 0. The van der Waals surface area contributed by atoms with Crippen molar-refractivity contribution in [1.29, 1.82) is 0 Å². The molecule has 1 aliphatic rings. The number of hydrogen-bond acceptors (Lipinski definition) is 4. The third-order valence-corrected chi connectivity index (χ3v) is 5.15. The van der Waals surface area contributed by atoms with E-state index in [2.05, 4.69) is 5.10 Å². The van der Waals surface area contributed by atoms with Crippen molar-refractivity contribution < 1.29 is 8.42 Å². The molecule has 1 aromatic heterocycles. The summed E-state index contributed by atoms with van der Waals surface area (Å²) in [7, 11) is -2.89. The molecular weight excluding hydrogens is 262 g/mol. The van der Waals surface area contributed by atoms with Crippen LogP contribution < -0.4 is 5.73 Å². The Hall–Kier alpha value is -1.82. The van der Waals surface area contributed by atoms with Gasteiger partial charge < -0.3 is 5.73 Å². The number of rotatable bonds is 2. The van der Waals surface area contributed by atoms with Gasteiger partial charge in [-0.2, -0.15) is 5.10 Å². The van der Waals surface area contributed by atoms with Crippen molar-refractivity contribution in [3.63, 3.8) is 0 Å². The van der Waals surface area contributed by atoms with Crippen LogP contribution in [-0.4, -0.2) is 29.7 Å². The van der Waals surface area contributed by atoms with Crippen LogP contribution in [0.25, 0.3) is 11.1 Å². The molecule has 1 unspecified atom stereocenters. The molecule has 2 heterocycles. The lowest BCUT2D eigenvalue weighted by molar-refractivity contribution is 0.500. The van der Waals surface area contributed by atoms with E-state index >= 15 is 0 Å². The molecule has 1 aliphatic heterocycles. The van der Waals surface area contributed by atoms with Crippen LogP contribution in [0.2, 0.25) is 0 Å². The molecule has 2 aromatic rings. The molecule has 0 saturated carbocycles. The van der Waals surface area contributed by atoms with Gasteiger partial charge >= 0.3 is 0 Å². The zero-order chi connectivity index (χ0) is 13.5. The lowest BCUT2D eigenvalue weighted by Crippen LogP contribution is -2.11. The maximum Gasteiger partial charge on any atom is 0.152 e. The van der Waals surface area contributed by atoms with E-state index in [1.165, 1.54) is 0 Å². The molecular formula is C13H15N3O2S. The molecule has 100 valence electrons. The number of nitrogens with zero attached hydrogens (tertiary/aromatic N) is 2. The molecule has 1 fully saturated rings. The SMILES string of the molecule is Nc1cccc(-c2cnn(C3CCS(=O)(=O)C3)c2)c1. The van der Waals surface area contributed by atoms with E-state index in [4.69, 9.17) is 5.73 Å². The van der Waals surface area contributed by atoms with Gasteiger partial charge in [-0.3, -0.25) is 4.68 Å². The van der Waals surface area contributed by atoms with Gasteiger partial charge in [0.2, 0.25) is 0 Å². The topological polar surface area (TPSA) is 78.0 Å². The Morgan fingerprint density at radius 1 is 1.32 bits per heavy atom. The standard InChI is InChI=1S/C13H15N3O2S/c14-12-3-1-2-10(6-12)11-7-15-16(8-11)13-4-5-19(17,18)9-13/h1-3,6-8,13H,4-5,9,14H2. The van der Waals surface area contributed by atoms with Crippen LogP contribution in [0.4, 0.5) is 5.69 Å². The Balaban J connectivity index is 1.88. The highest BCUT2D eigenvalue weighted by molar-refractivity contribution is 7.91. The zero-order valence-corrected chi connectivity index (χ0v) is 11.2. The molecule has 1 saturated heterocycles. The summed E-state index contributed by atoms with van der Waals surface area (Å²) in [5.74, 6) is 0.441. The van der Waals surface area contributed by atoms with Crippen LogP contribution in [-0.2, 0) is 9.84 Å². The largest absolute Gasteiger partial charge is 0.399 e. The third kappa shape index (κ3) is 2.49. The van der Waals surface area contributed by atoms with E-state index in [0.29, 0.717) is 12.1 Å². The van der Waals surface area contributed by atoms with Gasteiger partial charge in [-0.1, -0.05) is 12.1 Å². The summed E-state index contributed by atoms with van der Waals surface area (Å²) in [6, 6.07) is 7.52. The van der Waals surface area contributed by atoms with Crippen molar-refractivity contribution in [3.05, 3.63) is 36.7 Å². The van der Waals surface area contributed by atoms with Gasteiger partial charge in [-0.25, -0.2) is 8.42 Å². The molecule has 0 bridgehead atoms. The molecule has 6 heteroatoms. The molecule has 1 aromatic carbocycles. The smallest absolute Gasteiger partial charge is 0.152 e. The van der Waals surface area contributed by atoms with Gasteiger partial charge in [0.05, 0.1) is 23.7 Å². The Morgan fingerprint density at radius 3 is 2.84 bits per heavy atom. The van der Waals surface area contributed by atoms with Crippen molar-refractivity contribution >= 4 is 15.5 Å². The second-order valence-electron chi connectivity index (χ2n) is 4.89. The van der Waals surface area contributed by atoms with Gasteiger partial charge in [-0.15, -0.1) is 0 Å². The minimum Gasteiger partial charge on any atom is -0.399 e. The van der Waals surface area contributed by atoms with Crippen LogP contribution in [0.1, 0.15) is 12.5 Å². The molecule has 0 amide bonds. The Bertz CT molecular complexity index is 706. The monoisotopic (exact) mass is 277 g/mol. The van der Waals surface area contributed by atoms with E-state index in [-0.39, 0.29) is 17.5 Å². The van der Waals surface area contributed by atoms with Crippen LogP contribution >= 0.6 is 0 Å². The van der Waals surface area contributed by atoms with Gasteiger partial charge in [-0.05, 0) is 24.1 Å². The van der Waals surface area contributed by atoms with Crippen molar-refractivity contribution in [2.75, 3.05) is 17.2 Å². The van der Waals surface area contributed by atoms with Gasteiger partial charge in [0.15, 0.2) is 9.84 Å². The predicted octanol–water partition coefficient (Wildman–Crippen LogP) is 1.49. The van der Waals surface area contributed by atoms with Gasteiger partial charge in [0, 0.05) is 17.4 Å². The normalized spacial score (nSPS) is 21.6. The lowest BCUT2D eigenvalue weighted by atomic mass is 10.1. The highest BCUT2D eigenvalue weighted by atomic mass is 32.2. The van der Waals surface area contributed by atoms with E-state index in [1.54, 1.807) is 10.9 Å². The number of aromatic nitrogens is 2. The first kappa shape index (κ1) is 12.2. The van der Waals surface area contributed by atoms with Gasteiger partial charge in [0.1, 0.15) is 0 Å². The van der Waals surface area contributed by atoms with Crippen molar-refractivity contribution in [2.45, 2.75) is 12.5 Å². The molecule has 0 radical (unpaired) electrons. The molecule has 3 rings (SSSR count). The van der Waals surface area contributed by atoms with Crippen LogP contribution in [0.5, 0.6) is 0 Å². The van der Waals surface area contributed by atoms with Crippen molar-refractivity contribution in [1.82, 2.24) is 9.78 Å². The number of sulfone groups is 1. The van der Waals surface area contributed by atoms with E-state index in [9.17, 15) is 8.42 Å². The maximum atomic E-state index is 11.5. The first-order chi connectivity index (χ1) is 9.03. The first-order valence-corrected chi connectivity index (χ1v) is 7.96. The zero-order valence-electron chi connectivity index (χ0n) is 10.4. The van der Waals surface area contributed by atoms with E-state index in [1.807, 2.05) is 30.5 Å². The summed E-state index contributed by atoms with van der Waals surface area (Å²) in [6.07, 6.45) is 4.28. The second kappa shape index (κ2) is 4.38. The Morgan fingerprint density at radius 2 is 2.16 bits per heavy atom. The number of nitrogens with two attached hydrogens (primary N) is 1. The fraction of sp³-hybridized carbons (Fsp3) is 0.308. The summed E-state index contributed by atoms with van der Waals surface area (Å²) < 4.78 is 24.7. The third-order valence-electron chi connectivity index (χ3n) is 3.40. The highest BCUT2D eigenvalue weighted by Gasteiger charge is 2.29. The molecule has 2 N–H and O–H groups in total. The van der Waals surface area contributed by atoms with Crippen molar-refractivity contribution in [2.24, 2.45) is 0 Å². The quantitative estimate of drug-likeness (QED) is 0.844. The van der Waals surface area contributed by atoms with Crippen LogP contribution in [0.15, 0.2) is 36.7 Å². The minimum atomic E-state index is -2.89. The Kier molecular flexibility index (Phi) is 2.82. The number of nitrogen functional groups attached to an aromatic ring is 1. The van der Waals surface area contributed by atoms with Crippen molar-refractivity contribution in [3.8, 4) is 11.1 Å². The average molecular weight is 277 g/mol. The lowest BCUT2D eigenvalue weighted by Gasteiger charge is -2.07. The summed E-state index contributed by atoms with van der Waals surface area (Å²) >= 11 is 0. The highest BCUT2D eigenvalue weighted by Crippen LogP contribution is 2.26. The Labute approximate surface area is 112 Å². The van der Waals surface area contributed by atoms with Crippen LogP contribution in [0, 0.1) is 0 Å². The number of anilines is 1. The van der Waals surface area contributed by atoms with E-state index < -0.39 is 9.84 Å². The van der Waals surface area contributed by atoms with E-state index in [0.717, 1.165) is 11.1 Å². The fourth-order valence-corrected chi connectivity index (χ4v) is 4.09. The molecule has 5 nitrogen and oxygen atoms in total. The summed E-state index contributed by atoms with van der Waals surface area (Å²) in [6.45, 7) is 0. The predicted molar refractivity (Wildman–Crippen MR) is 74.4 cm³/mol. The maximum absolute atomic E-state index is 11.5. The second-order valence-corrected chi connectivity index (χ2v) is 7.12. The number of hydrogen-bond donors (Lipinski definition) is 1. The van der Waals surface area contributed by atoms with Gasteiger partial charge in [0.25, 0.3) is 0 Å². The summed E-state index contributed by atoms with van der Waals surface area (Å²) in [5, 5.41) is 4.28. The fourth-order valence-electron chi connectivity index (χ4n) is 2.39.